The predicted octanol–water partition coefficient (Wildman–Crippen LogP) is -0.382. The van der Waals surface area contributed by atoms with Gasteiger partial charge >= 0.3 is 0 Å². The average molecular weight is 148 g/mol. The summed E-state index contributed by atoms with van der Waals surface area (Å²) in [6.07, 6.45) is 2.41. The summed E-state index contributed by atoms with van der Waals surface area (Å²) in [5.74, 6) is -0.208. The molecule has 0 aromatic carbocycles. The van der Waals surface area contributed by atoms with Crippen LogP contribution >= 0.6 is 0 Å². The highest BCUT2D eigenvalue weighted by molar-refractivity contribution is 7.91. The smallest absolute Gasteiger partial charge is 0.151 e. The topological polar surface area (TPSA) is 51.2 Å². The summed E-state index contributed by atoms with van der Waals surface area (Å²) in [6.45, 7) is 0. The van der Waals surface area contributed by atoms with Gasteiger partial charge in [0.1, 0.15) is 6.29 Å². The third-order valence-corrected chi connectivity index (χ3v) is 3.15. The molecule has 0 radical (unpaired) electrons. The van der Waals surface area contributed by atoms with Crippen molar-refractivity contribution in [1.82, 2.24) is 0 Å². The van der Waals surface area contributed by atoms with E-state index in [0.29, 0.717) is 12.7 Å². The second-order valence-corrected chi connectivity index (χ2v) is 4.67. The first-order valence-electron chi connectivity index (χ1n) is 2.70. The Morgan fingerprint density at radius 3 is 2.22 bits per heavy atom. The van der Waals surface area contributed by atoms with E-state index in [0.717, 1.165) is 0 Å². The SMILES string of the molecule is CS(=O)(=O)[C@@H]1C[C@H]1C=O. The van der Waals surface area contributed by atoms with E-state index < -0.39 is 9.84 Å². The predicted molar refractivity (Wildman–Crippen MR) is 32.8 cm³/mol. The highest BCUT2D eigenvalue weighted by atomic mass is 32.2. The van der Waals surface area contributed by atoms with Crippen molar-refractivity contribution in [1.29, 1.82) is 0 Å². The molecule has 0 aromatic heterocycles. The Morgan fingerprint density at radius 1 is 1.56 bits per heavy atom. The van der Waals surface area contributed by atoms with Gasteiger partial charge in [-0.1, -0.05) is 0 Å². The molecule has 0 bridgehead atoms. The van der Waals surface area contributed by atoms with Crippen LogP contribution in [-0.4, -0.2) is 26.2 Å². The molecular weight excluding hydrogens is 140 g/mol. The quantitative estimate of drug-likeness (QED) is 0.501. The van der Waals surface area contributed by atoms with Crippen LogP contribution < -0.4 is 0 Å². The van der Waals surface area contributed by atoms with Crippen molar-refractivity contribution < 1.29 is 13.2 Å². The molecule has 0 aliphatic heterocycles. The van der Waals surface area contributed by atoms with E-state index in [1.807, 2.05) is 0 Å². The number of sulfone groups is 1. The van der Waals surface area contributed by atoms with Gasteiger partial charge in [-0.3, -0.25) is 0 Å². The molecule has 1 fully saturated rings. The number of carbonyl (C=O) groups excluding carboxylic acids is 1. The molecule has 1 rings (SSSR count). The van der Waals surface area contributed by atoms with Gasteiger partial charge in [-0.15, -0.1) is 0 Å². The number of hydrogen-bond donors (Lipinski definition) is 0. The largest absolute Gasteiger partial charge is 0.303 e. The van der Waals surface area contributed by atoms with Gasteiger partial charge in [0.2, 0.25) is 0 Å². The van der Waals surface area contributed by atoms with Crippen LogP contribution in [0.1, 0.15) is 6.42 Å². The van der Waals surface area contributed by atoms with Gasteiger partial charge in [-0.25, -0.2) is 8.42 Å². The fraction of sp³-hybridized carbons (Fsp3) is 0.800. The average Bonchev–Trinajstić information content (AvgIpc) is 2.39. The first-order valence-corrected chi connectivity index (χ1v) is 4.65. The Kier molecular flexibility index (Phi) is 1.35. The van der Waals surface area contributed by atoms with Crippen molar-refractivity contribution in [3.05, 3.63) is 0 Å². The summed E-state index contributed by atoms with van der Waals surface area (Å²) in [4.78, 5) is 9.96. The summed E-state index contributed by atoms with van der Waals surface area (Å²) in [5, 5.41) is -0.366. The fourth-order valence-corrected chi connectivity index (χ4v) is 2.10. The van der Waals surface area contributed by atoms with Gasteiger partial charge in [0.15, 0.2) is 9.84 Å². The zero-order valence-electron chi connectivity index (χ0n) is 5.07. The Labute approximate surface area is 54.0 Å². The maximum atomic E-state index is 10.6. The molecule has 0 aromatic rings. The molecule has 0 N–H and O–H groups in total. The molecule has 9 heavy (non-hydrogen) atoms. The van der Waals surface area contributed by atoms with Gasteiger partial charge in [-0.2, -0.15) is 0 Å². The summed E-state index contributed by atoms with van der Waals surface area (Å²) in [5.41, 5.74) is 0. The lowest BCUT2D eigenvalue weighted by Crippen LogP contribution is -2.05. The second kappa shape index (κ2) is 1.80. The monoisotopic (exact) mass is 148 g/mol. The maximum Gasteiger partial charge on any atom is 0.151 e. The van der Waals surface area contributed by atoms with Crippen LogP contribution in [0.25, 0.3) is 0 Å². The minimum atomic E-state index is -2.92. The van der Waals surface area contributed by atoms with Gasteiger partial charge < -0.3 is 4.79 Å². The second-order valence-electron chi connectivity index (χ2n) is 2.40. The highest BCUT2D eigenvalue weighted by Gasteiger charge is 2.44. The number of rotatable bonds is 2. The number of hydrogen-bond acceptors (Lipinski definition) is 3. The Bertz CT molecular complexity index is 216. The Balaban J connectivity index is 2.63. The lowest BCUT2D eigenvalue weighted by atomic mass is 10.5. The summed E-state index contributed by atoms with van der Waals surface area (Å²) in [7, 11) is -2.92. The molecule has 0 unspecified atom stereocenters. The summed E-state index contributed by atoms with van der Waals surface area (Å²) < 4.78 is 21.2. The molecule has 52 valence electrons. The van der Waals surface area contributed by atoms with Crippen LogP contribution in [-0.2, 0) is 14.6 Å². The molecule has 3 nitrogen and oxygen atoms in total. The van der Waals surface area contributed by atoms with E-state index in [2.05, 4.69) is 0 Å². The first kappa shape index (κ1) is 6.74. The minimum absolute atomic E-state index is 0.208. The van der Waals surface area contributed by atoms with E-state index in [9.17, 15) is 13.2 Å². The van der Waals surface area contributed by atoms with E-state index >= 15 is 0 Å². The van der Waals surface area contributed by atoms with Crippen LogP contribution in [0.5, 0.6) is 0 Å². The van der Waals surface area contributed by atoms with Gasteiger partial charge in [0.05, 0.1) is 5.25 Å². The summed E-state index contributed by atoms with van der Waals surface area (Å²) in [6, 6.07) is 0. The molecule has 1 saturated carbocycles. The Hall–Kier alpha value is -0.380. The third kappa shape index (κ3) is 1.30. The van der Waals surface area contributed by atoms with Crippen molar-refractivity contribution in [3.8, 4) is 0 Å². The van der Waals surface area contributed by atoms with Crippen LogP contribution in [0.4, 0.5) is 0 Å². The molecule has 0 amide bonds. The van der Waals surface area contributed by atoms with E-state index in [-0.39, 0.29) is 11.2 Å². The van der Waals surface area contributed by atoms with Crippen LogP contribution in [0.2, 0.25) is 0 Å². The molecular formula is C5H8O3S. The molecule has 0 spiro atoms. The zero-order chi connectivity index (χ0) is 7.07. The van der Waals surface area contributed by atoms with E-state index in [1.54, 1.807) is 0 Å². The number of aldehydes is 1. The maximum absolute atomic E-state index is 10.6. The highest BCUT2D eigenvalue weighted by Crippen LogP contribution is 2.34. The molecule has 1 aliphatic carbocycles. The van der Waals surface area contributed by atoms with E-state index in [1.165, 1.54) is 6.26 Å². The lowest BCUT2D eigenvalue weighted by Gasteiger charge is -1.87. The van der Waals surface area contributed by atoms with Crippen molar-refractivity contribution in [3.63, 3.8) is 0 Å². The number of carbonyl (C=O) groups is 1. The zero-order valence-corrected chi connectivity index (χ0v) is 5.89. The van der Waals surface area contributed by atoms with Crippen molar-refractivity contribution in [2.75, 3.05) is 6.26 Å². The van der Waals surface area contributed by atoms with Crippen LogP contribution in [0, 0.1) is 5.92 Å². The van der Waals surface area contributed by atoms with E-state index in [4.69, 9.17) is 0 Å². The Morgan fingerprint density at radius 2 is 2.11 bits per heavy atom. The third-order valence-electron chi connectivity index (χ3n) is 1.50. The van der Waals surface area contributed by atoms with Crippen molar-refractivity contribution in [2.24, 2.45) is 5.92 Å². The van der Waals surface area contributed by atoms with Crippen LogP contribution in [0.15, 0.2) is 0 Å². The van der Waals surface area contributed by atoms with Gasteiger partial charge in [0, 0.05) is 12.2 Å². The first-order chi connectivity index (χ1) is 4.05. The summed E-state index contributed by atoms with van der Waals surface area (Å²) >= 11 is 0. The molecule has 0 saturated heterocycles. The molecule has 4 heteroatoms. The van der Waals surface area contributed by atoms with Gasteiger partial charge in [0.25, 0.3) is 0 Å². The van der Waals surface area contributed by atoms with Gasteiger partial charge in [-0.05, 0) is 6.42 Å². The lowest BCUT2D eigenvalue weighted by molar-refractivity contribution is -0.108. The standard InChI is InChI=1S/C5H8O3S/c1-9(7,8)5-2-4(5)3-6/h3-5H,2H2,1H3/t4-,5+/m0/s1. The molecule has 2 atom stereocenters. The minimum Gasteiger partial charge on any atom is -0.303 e. The van der Waals surface area contributed by atoms with Crippen molar-refractivity contribution in [2.45, 2.75) is 11.7 Å². The van der Waals surface area contributed by atoms with Crippen LogP contribution in [0.3, 0.4) is 0 Å². The van der Waals surface area contributed by atoms with Crippen molar-refractivity contribution >= 4 is 16.1 Å². The normalized spacial score (nSPS) is 33.9. The fourth-order valence-electron chi connectivity index (χ4n) is 0.825. The molecule has 0 heterocycles. The molecule has 1 aliphatic rings.